The summed E-state index contributed by atoms with van der Waals surface area (Å²) < 4.78 is 0. The second-order valence-corrected chi connectivity index (χ2v) is 4.85. The first kappa shape index (κ1) is 12.7. The minimum atomic E-state index is 0.807. The van der Waals surface area contributed by atoms with Gasteiger partial charge in [0.15, 0.2) is 0 Å². The molecule has 17 heavy (non-hydrogen) atoms. The molecule has 1 aliphatic rings. The van der Waals surface area contributed by atoms with E-state index >= 15 is 0 Å². The Morgan fingerprint density at radius 3 is 2.35 bits per heavy atom. The topological polar surface area (TPSA) is 18.5 Å². The van der Waals surface area contributed by atoms with Crippen molar-refractivity contribution in [1.29, 1.82) is 0 Å². The van der Waals surface area contributed by atoms with E-state index in [1.165, 1.54) is 5.69 Å². The van der Waals surface area contributed by atoms with E-state index < -0.39 is 0 Å². The van der Waals surface area contributed by atoms with Crippen LogP contribution >= 0.6 is 11.6 Å². The molecule has 4 heteroatoms. The molecule has 0 spiro atoms. The molecule has 1 saturated heterocycles. The van der Waals surface area contributed by atoms with Gasteiger partial charge in [-0.25, -0.2) is 0 Å². The summed E-state index contributed by atoms with van der Waals surface area (Å²) in [6.45, 7) is 6.71. The lowest BCUT2D eigenvalue weighted by Gasteiger charge is -2.36. The molecule has 0 bridgehead atoms. The maximum absolute atomic E-state index is 5.90. The largest absolute Gasteiger partial charge is 0.369 e. The van der Waals surface area contributed by atoms with E-state index in [1.807, 2.05) is 19.2 Å². The van der Waals surface area contributed by atoms with E-state index in [-0.39, 0.29) is 0 Å². The summed E-state index contributed by atoms with van der Waals surface area (Å²) in [5.74, 6) is 0. The van der Waals surface area contributed by atoms with E-state index in [1.54, 1.807) is 0 Å². The molecule has 0 radical (unpaired) electrons. The molecular formula is C13H20ClN3. The van der Waals surface area contributed by atoms with Crippen LogP contribution in [-0.2, 0) is 0 Å². The van der Waals surface area contributed by atoms with E-state index in [4.69, 9.17) is 11.6 Å². The quantitative estimate of drug-likeness (QED) is 0.881. The Morgan fingerprint density at radius 2 is 1.76 bits per heavy atom. The predicted molar refractivity (Wildman–Crippen MR) is 74.0 cm³/mol. The number of halogens is 1. The van der Waals surface area contributed by atoms with Crippen molar-refractivity contribution in [2.24, 2.45) is 0 Å². The number of hydrogen-bond donors (Lipinski definition) is 1. The summed E-state index contributed by atoms with van der Waals surface area (Å²) in [6.07, 6.45) is 0. The van der Waals surface area contributed by atoms with Crippen LogP contribution in [-0.4, -0.2) is 51.2 Å². The van der Waals surface area contributed by atoms with Crippen molar-refractivity contribution in [3.8, 4) is 0 Å². The molecule has 1 aliphatic heterocycles. The molecule has 0 atom stereocenters. The zero-order valence-corrected chi connectivity index (χ0v) is 11.1. The van der Waals surface area contributed by atoms with Crippen molar-refractivity contribution in [2.75, 3.05) is 51.2 Å². The number of nitrogens with zero attached hydrogens (tertiary/aromatic N) is 2. The summed E-state index contributed by atoms with van der Waals surface area (Å²) in [5.41, 5.74) is 1.28. The Hall–Kier alpha value is -0.770. The van der Waals surface area contributed by atoms with Gasteiger partial charge in [-0.2, -0.15) is 0 Å². The Labute approximate surface area is 108 Å². The monoisotopic (exact) mass is 253 g/mol. The zero-order chi connectivity index (χ0) is 12.1. The smallest absolute Gasteiger partial charge is 0.0407 e. The number of nitrogens with one attached hydrogen (secondary N) is 1. The van der Waals surface area contributed by atoms with Crippen LogP contribution in [0.15, 0.2) is 24.3 Å². The van der Waals surface area contributed by atoms with Crippen molar-refractivity contribution in [3.63, 3.8) is 0 Å². The molecular weight excluding hydrogens is 234 g/mol. The highest BCUT2D eigenvalue weighted by Gasteiger charge is 2.16. The molecule has 94 valence electrons. The summed E-state index contributed by atoms with van der Waals surface area (Å²) in [5, 5.41) is 4.00. The fourth-order valence-corrected chi connectivity index (χ4v) is 2.28. The van der Waals surface area contributed by atoms with Gasteiger partial charge in [0.25, 0.3) is 0 Å². The number of likely N-dealkylation sites (N-methyl/N-ethyl adjacent to an activating group) is 1. The van der Waals surface area contributed by atoms with Gasteiger partial charge in [0, 0.05) is 50.0 Å². The first-order valence-corrected chi connectivity index (χ1v) is 6.55. The van der Waals surface area contributed by atoms with Gasteiger partial charge in [-0.3, -0.25) is 4.90 Å². The highest BCUT2D eigenvalue weighted by atomic mass is 35.5. The Morgan fingerprint density at radius 1 is 1.12 bits per heavy atom. The van der Waals surface area contributed by atoms with Gasteiger partial charge in [-0.05, 0) is 31.3 Å². The van der Waals surface area contributed by atoms with Crippen LogP contribution in [0.3, 0.4) is 0 Å². The summed E-state index contributed by atoms with van der Waals surface area (Å²) >= 11 is 5.90. The fourth-order valence-electron chi connectivity index (χ4n) is 2.15. The van der Waals surface area contributed by atoms with Crippen LogP contribution in [0.5, 0.6) is 0 Å². The molecule has 0 aromatic heterocycles. The average Bonchev–Trinajstić information content (AvgIpc) is 2.38. The van der Waals surface area contributed by atoms with Gasteiger partial charge >= 0.3 is 0 Å². The second kappa shape index (κ2) is 6.24. The molecule has 1 N–H and O–H groups in total. The first-order chi connectivity index (χ1) is 8.29. The van der Waals surface area contributed by atoms with Crippen LogP contribution < -0.4 is 10.2 Å². The standard InChI is InChI=1S/C13H20ClN3/c1-15-6-7-16-8-10-17(11-9-16)13-4-2-12(14)3-5-13/h2-5,15H,6-11H2,1H3. The highest BCUT2D eigenvalue weighted by molar-refractivity contribution is 6.30. The number of hydrogen-bond acceptors (Lipinski definition) is 3. The van der Waals surface area contributed by atoms with Gasteiger partial charge in [0.05, 0.1) is 0 Å². The SMILES string of the molecule is CNCCN1CCN(c2ccc(Cl)cc2)CC1. The molecule has 0 amide bonds. The van der Waals surface area contributed by atoms with E-state index in [9.17, 15) is 0 Å². The van der Waals surface area contributed by atoms with Crippen molar-refractivity contribution in [1.82, 2.24) is 10.2 Å². The third-order valence-corrected chi connectivity index (χ3v) is 3.49. The van der Waals surface area contributed by atoms with Crippen LogP contribution in [0.25, 0.3) is 0 Å². The minimum Gasteiger partial charge on any atom is -0.369 e. The number of rotatable bonds is 4. The molecule has 1 heterocycles. The normalized spacial score (nSPS) is 17.4. The van der Waals surface area contributed by atoms with Crippen molar-refractivity contribution in [2.45, 2.75) is 0 Å². The lowest BCUT2D eigenvalue weighted by Crippen LogP contribution is -2.48. The van der Waals surface area contributed by atoms with E-state index in [2.05, 4.69) is 27.2 Å². The molecule has 2 rings (SSSR count). The minimum absolute atomic E-state index is 0.807. The third-order valence-electron chi connectivity index (χ3n) is 3.24. The molecule has 1 aromatic rings. The molecule has 1 fully saturated rings. The Kier molecular flexibility index (Phi) is 4.66. The number of piperazine rings is 1. The molecule has 1 aromatic carbocycles. The van der Waals surface area contributed by atoms with Crippen molar-refractivity contribution < 1.29 is 0 Å². The second-order valence-electron chi connectivity index (χ2n) is 4.41. The third kappa shape index (κ3) is 3.60. The Balaban J connectivity index is 1.84. The number of anilines is 1. The van der Waals surface area contributed by atoms with E-state index in [0.717, 1.165) is 44.3 Å². The van der Waals surface area contributed by atoms with Crippen LogP contribution in [0.1, 0.15) is 0 Å². The average molecular weight is 254 g/mol. The highest BCUT2D eigenvalue weighted by Crippen LogP contribution is 2.19. The van der Waals surface area contributed by atoms with Gasteiger partial charge < -0.3 is 10.2 Å². The van der Waals surface area contributed by atoms with Gasteiger partial charge in [-0.1, -0.05) is 11.6 Å². The summed E-state index contributed by atoms with van der Waals surface area (Å²) in [4.78, 5) is 4.93. The van der Waals surface area contributed by atoms with Gasteiger partial charge in [-0.15, -0.1) is 0 Å². The molecule has 0 aliphatic carbocycles. The van der Waals surface area contributed by atoms with Gasteiger partial charge in [0.1, 0.15) is 0 Å². The van der Waals surface area contributed by atoms with Gasteiger partial charge in [0.2, 0.25) is 0 Å². The van der Waals surface area contributed by atoms with E-state index in [0.29, 0.717) is 0 Å². The summed E-state index contributed by atoms with van der Waals surface area (Å²) in [7, 11) is 2.00. The maximum atomic E-state index is 5.90. The lowest BCUT2D eigenvalue weighted by molar-refractivity contribution is 0.260. The fraction of sp³-hybridized carbons (Fsp3) is 0.538. The number of benzene rings is 1. The van der Waals surface area contributed by atoms with Crippen LogP contribution in [0.2, 0.25) is 5.02 Å². The zero-order valence-electron chi connectivity index (χ0n) is 10.3. The molecule has 0 unspecified atom stereocenters. The first-order valence-electron chi connectivity index (χ1n) is 6.17. The van der Waals surface area contributed by atoms with Crippen molar-refractivity contribution in [3.05, 3.63) is 29.3 Å². The lowest BCUT2D eigenvalue weighted by atomic mass is 10.2. The predicted octanol–water partition coefficient (Wildman–Crippen LogP) is 1.68. The maximum Gasteiger partial charge on any atom is 0.0407 e. The van der Waals surface area contributed by atoms with Crippen LogP contribution in [0.4, 0.5) is 5.69 Å². The molecule has 3 nitrogen and oxygen atoms in total. The van der Waals surface area contributed by atoms with Crippen molar-refractivity contribution >= 4 is 17.3 Å². The van der Waals surface area contributed by atoms with Crippen LogP contribution in [0, 0.1) is 0 Å². The Bertz CT molecular complexity index is 331. The molecule has 0 saturated carbocycles. The summed E-state index contributed by atoms with van der Waals surface area (Å²) in [6, 6.07) is 8.13.